The van der Waals surface area contributed by atoms with E-state index in [9.17, 15) is 4.79 Å². The molecule has 1 unspecified atom stereocenters. The molecule has 0 N–H and O–H groups in total. The van der Waals surface area contributed by atoms with Crippen molar-refractivity contribution in [2.45, 2.75) is 18.9 Å². The molecule has 1 amide bonds. The third-order valence-corrected chi connectivity index (χ3v) is 3.97. The minimum Gasteiger partial charge on any atom is -0.493 e. The first kappa shape index (κ1) is 13.7. The molecule has 0 aliphatic carbocycles. The number of benzene rings is 1. The van der Waals surface area contributed by atoms with Crippen LogP contribution < -0.4 is 14.2 Å². The number of hydrogen-bond donors (Lipinski definition) is 0. The summed E-state index contributed by atoms with van der Waals surface area (Å²) in [4.78, 5) is 19.1. The highest BCUT2D eigenvalue weighted by Gasteiger charge is 2.35. The lowest BCUT2D eigenvalue weighted by Crippen LogP contribution is -2.35. The molecular weight excluding hydrogens is 272 g/mol. The van der Waals surface area contributed by atoms with E-state index >= 15 is 0 Å². The summed E-state index contributed by atoms with van der Waals surface area (Å²) in [6.07, 6.45) is 3.77. The van der Waals surface area contributed by atoms with Crippen molar-refractivity contribution in [1.29, 1.82) is 0 Å². The number of methoxy groups -OCH3 is 3. The molecule has 1 saturated heterocycles. The van der Waals surface area contributed by atoms with Crippen LogP contribution in [-0.4, -0.2) is 50.9 Å². The lowest BCUT2D eigenvalue weighted by Gasteiger charge is -2.22. The quantitative estimate of drug-likeness (QED) is 0.854. The van der Waals surface area contributed by atoms with Gasteiger partial charge in [-0.3, -0.25) is 9.79 Å². The predicted octanol–water partition coefficient (Wildman–Crippen LogP) is 2.03. The van der Waals surface area contributed by atoms with E-state index in [0.717, 1.165) is 19.4 Å². The standard InChI is InChI=1S/C15H18N2O4/c1-19-11-7-10-12(14(21-3)13(11)20-2)15(18)17-6-4-5-9(17)8-16-10/h7-9H,4-6H2,1-3H3. The number of carbonyl (C=O) groups is 1. The third-order valence-electron chi connectivity index (χ3n) is 3.97. The van der Waals surface area contributed by atoms with Gasteiger partial charge in [-0.15, -0.1) is 0 Å². The number of rotatable bonds is 3. The van der Waals surface area contributed by atoms with E-state index < -0.39 is 0 Å². The van der Waals surface area contributed by atoms with Gasteiger partial charge in [-0.05, 0) is 12.8 Å². The van der Waals surface area contributed by atoms with E-state index in [-0.39, 0.29) is 11.9 Å². The number of amides is 1. The Bertz CT molecular complexity index is 612. The van der Waals surface area contributed by atoms with Crippen molar-refractivity contribution in [3.63, 3.8) is 0 Å². The summed E-state index contributed by atoms with van der Waals surface area (Å²) in [5.74, 6) is 1.23. The largest absolute Gasteiger partial charge is 0.493 e. The van der Waals surface area contributed by atoms with Gasteiger partial charge in [0, 0.05) is 18.8 Å². The molecule has 21 heavy (non-hydrogen) atoms. The summed E-state index contributed by atoms with van der Waals surface area (Å²) in [6, 6.07) is 1.78. The van der Waals surface area contributed by atoms with Crippen LogP contribution >= 0.6 is 0 Å². The Morgan fingerprint density at radius 2 is 1.95 bits per heavy atom. The Balaban J connectivity index is 2.23. The molecule has 112 valence electrons. The van der Waals surface area contributed by atoms with Crippen LogP contribution in [0.4, 0.5) is 5.69 Å². The van der Waals surface area contributed by atoms with Crippen LogP contribution in [0, 0.1) is 0 Å². The maximum absolute atomic E-state index is 12.8. The van der Waals surface area contributed by atoms with Crippen molar-refractivity contribution in [3.8, 4) is 17.2 Å². The van der Waals surface area contributed by atoms with Crippen LogP contribution in [0.2, 0.25) is 0 Å². The van der Waals surface area contributed by atoms with Crippen LogP contribution in [0.5, 0.6) is 17.2 Å². The molecule has 6 nitrogen and oxygen atoms in total. The molecule has 2 aliphatic rings. The molecule has 1 atom stereocenters. The number of aliphatic imine (C=N–C) groups is 1. The Kier molecular flexibility index (Phi) is 3.45. The zero-order valence-corrected chi connectivity index (χ0v) is 12.4. The van der Waals surface area contributed by atoms with Gasteiger partial charge in [-0.2, -0.15) is 0 Å². The Morgan fingerprint density at radius 3 is 2.62 bits per heavy atom. The van der Waals surface area contributed by atoms with Crippen LogP contribution in [0.15, 0.2) is 11.1 Å². The topological polar surface area (TPSA) is 60.4 Å². The van der Waals surface area contributed by atoms with Gasteiger partial charge in [0.15, 0.2) is 11.5 Å². The molecule has 1 aromatic carbocycles. The molecule has 1 aromatic rings. The van der Waals surface area contributed by atoms with E-state index in [0.29, 0.717) is 28.5 Å². The van der Waals surface area contributed by atoms with Crippen molar-refractivity contribution < 1.29 is 19.0 Å². The predicted molar refractivity (Wildman–Crippen MR) is 78.3 cm³/mol. The molecule has 0 radical (unpaired) electrons. The monoisotopic (exact) mass is 290 g/mol. The minimum absolute atomic E-state index is 0.0617. The van der Waals surface area contributed by atoms with Gasteiger partial charge in [0.25, 0.3) is 5.91 Å². The van der Waals surface area contributed by atoms with Gasteiger partial charge >= 0.3 is 0 Å². The molecule has 0 aromatic heterocycles. The number of nitrogens with zero attached hydrogens (tertiary/aromatic N) is 2. The molecule has 6 heteroatoms. The van der Waals surface area contributed by atoms with Crippen molar-refractivity contribution in [1.82, 2.24) is 4.90 Å². The SMILES string of the molecule is COc1cc2c(c(OC)c1OC)C(=O)N1CCCC1C=N2. The Hall–Kier alpha value is -2.24. The van der Waals surface area contributed by atoms with E-state index in [1.807, 2.05) is 11.1 Å². The van der Waals surface area contributed by atoms with Crippen molar-refractivity contribution in [3.05, 3.63) is 11.6 Å². The maximum atomic E-state index is 12.8. The maximum Gasteiger partial charge on any atom is 0.260 e. The van der Waals surface area contributed by atoms with Crippen LogP contribution in [-0.2, 0) is 0 Å². The number of carbonyl (C=O) groups excluding carboxylic acids is 1. The molecule has 0 bridgehead atoms. The molecule has 1 fully saturated rings. The van der Waals surface area contributed by atoms with E-state index in [1.165, 1.54) is 14.2 Å². The summed E-state index contributed by atoms with van der Waals surface area (Å²) in [6.45, 7) is 0.743. The lowest BCUT2D eigenvalue weighted by atomic mass is 10.1. The Morgan fingerprint density at radius 1 is 1.19 bits per heavy atom. The van der Waals surface area contributed by atoms with Crippen molar-refractivity contribution in [2.75, 3.05) is 27.9 Å². The number of ether oxygens (including phenoxy) is 3. The molecule has 2 aliphatic heterocycles. The lowest BCUT2D eigenvalue weighted by molar-refractivity contribution is 0.0771. The third kappa shape index (κ3) is 2.02. The summed E-state index contributed by atoms with van der Waals surface area (Å²) in [7, 11) is 4.58. The molecule has 2 heterocycles. The van der Waals surface area contributed by atoms with Crippen LogP contribution in [0.25, 0.3) is 0 Å². The fourth-order valence-electron chi connectivity index (χ4n) is 2.96. The molecule has 3 rings (SSSR count). The van der Waals surface area contributed by atoms with Crippen molar-refractivity contribution in [2.24, 2.45) is 4.99 Å². The first-order valence-corrected chi connectivity index (χ1v) is 6.89. The van der Waals surface area contributed by atoms with E-state index in [1.54, 1.807) is 13.2 Å². The highest BCUT2D eigenvalue weighted by Crippen LogP contribution is 2.46. The first-order chi connectivity index (χ1) is 10.2. The van der Waals surface area contributed by atoms with E-state index in [2.05, 4.69) is 4.99 Å². The van der Waals surface area contributed by atoms with Gasteiger partial charge in [0.1, 0.15) is 5.56 Å². The minimum atomic E-state index is -0.0668. The highest BCUT2D eigenvalue weighted by molar-refractivity contribution is 6.06. The van der Waals surface area contributed by atoms with Gasteiger partial charge in [-0.25, -0.2) is 0 Å². The summed E-state index contributed by atoms with van der Waals surface area (Å²) >= 11 is 0. The smallest absolute Gasteiger partial charge is 0.260 e. The van der Waals surface area contributed by atoms with Gasteiger partial charge < -0.3 is 19.1 Å². The van der Waals surface area contributed by atoms with Crippen LogP contribution in [0.1, 0.15) is 23.2 Å². The average molecular weight is 290 g/mol. The number of fused-ring (bicyclic) bond motifs is 2. The number of hydrogen-bond acceptors (Lipinski definition) is 5. The molecular formula is C15H18N2O4. The van der Waals surface area contributed by atoms with Gasteiger partial charge in [0.05, 0.1) is 33.1 Å². The second-order valence-corrected chi connectivity index (χ2v) is 5.03. The van der Waals surface area contributed by atoms with Crippen molar-refractivity contribution >= 4 is 17.8 Å². The summed E-state index contributed by atoms with van der Waals surface area (Å²) in [5.41, 5.74) is 1.000. The normalized spacial score (nSPS) is 19.9. The van der Waals surface area contributed by atoms with Crippen LogP contribution in [0.3, 0.4) is 0 Å². The fraction of sp³-hybridized carbons (Fsp3) is 0.467. The second kappa shape index (κ2) is 5.27. The zero-order valence-electron chi connectivity index (χ0n) is 12.4. The van der Waals surface area contributed by atoms with E-state index in [4.69, 9.17) is 14.2 Å². The Labute approximate surface area is 123 Å². The van der Waals surface area contributed by atoms with Gasteiger partial charge in [0.2, 0.25) is 5.75 Å². The average Bonchev–Trinajstić information content (AvgIpc) is 2.94. The highest BCUT2D eigenvalue weighted by atomic mass is 16.5. The molecule has 0 spiro atoms. The molecule has 0 saturated carbocycles. The summed E-state index contributed by atoms with van der Waals surface area (Å²) < 4.78 is 16.1. The zero-order chi connectivity index (χ0) is 15.0. The second-order valence-electron chi connectivity index (χ2n) is 5.03. The first-order valence-electron chi connectivity index (χ1n) is 6.89. The fourth-order valence-corrected chi connectivity index (χ4v) is 2.96. The van der Waals surface area contributed by atoms with Gasteiger partial charge in [-0.1, -0.05) is 0 Å². The summed E-state index contributed by atoms with van der Waals surface area (Å²) in [5, 5.41) is 0.